The monoisotopic (exact) mass is 400 g/mol. The predicted octanol–water partition coefficient (Wildman–Crippen LogP) is 3.93. The average Bonchev–Trinajstić information content (AvgIpc) is 2.73. The van der Waals surface area contributed by atoms with E-state index in [1.165, 1.54) is 12.1 Å². The van der Waals surface area contributed by atoms with Gasteiger partial charge in [-0.05, 0) is 49.6 Å². The summed E-state index contributed by atoms with van der Waals surface area (Å²) in [5, 5.41) is 2.80. The number of ether oxygens (including phenoxy) is 1. The van der Waals surface area contributed by atoms with Gasteiger partial charge in [0.05, 0.1) is 6.61 Å². The SMILES string of the molecule is CCNC(=O)C(CC)N(Cc1ccc(F)cc1)C(=O)CCCOc1ccccc1. The topological polar surface area (TPSA) is 58.6 Å². The van der Waals surface area contributed by atoms with Gasteiger partial charge in [-0.25, -0.2) is 4.39 Å². The molecule has 1 atom stereocenters. The normalized spacial score (nSPS) is 11.6. The molecular weight excluding hydrogens is 371 g/mol. The molecule has 6 heteroatoms. The lowest BCUT2D eigenvalue weighted by atomic mass is 10.1. The fourth-order valence-electron chi connectivity index (χ4n) is 3.07. The van der Waals surface area contributed by atoms with Crippen molar-refractivity contribution in [2.75, 3.05) is 13.2 Å². The van der Waals surface area contributed by atoms with E-state index >= 15 is 0 Å². The molecule has 0 heterocycles. The zero-order valence-corrected chi connectivity index (χ0v) is 17.1. The molecule has 156 valence electrons. The van der Waals surface area contributed by atoms with Gasteiger partial charge in [-0.1, -0.05) is 37.3 Å². The van der Waals surface area contributed by atoms with Crippen LogP contribution in [0.1, 0.15) is 38.7 Å². The molecule has 0 bridgehead atoms. The van der Waals surface area contributed by atoms with Crippen molar-refractivity contribution >= 4 is 11.8 Å². The summed E-state index contributed by atoms with van der Waals surface area (Å²) in [4.78, 5) is 27.0. The van der Waals surface area contributed by atoms with Crippen molar-refractivity contribution in [2.45, 2.75) is 45.7 Å². The van der Waals surface area contributed by atoms with E-state index in [0.29, 0.717) is 26.0 Å². The molecule has 1 N–H and O–H groups in total. The van der Waals surface area contributed by atoms with Crippen molar-refractivity contribution in [3.63, 3.8) is 0 Å². The summed E-state index contributed by atoms with van der Waals surface area (Å²) in [5.74, 6) is 0.132. The fourth-order valence-corrected chi connectivity index (χ4v) is 3.07. The van der Waals surface area contributed by atoms with E-state index < -0.39 is 6.04 Å². The number of para-hydroxylation sites is 1. The Balaban J connectivity index is 2.02. The highest BCUT2D eigenvalue weighted by Crippen LogP contribution is 2.15. The van der Waals surface area contributed by atoms with E-state index in [1.54, 1.807) is 17.0 Å². The summed E-state index contributed by atoms with van der Waals surface area (Å²) in [7, 11) is 0. The first kappa shape index (κ1) is 22.4. The van der Waals surface area contributed by atoms with Crippen LogP contribution in [0.25, 0.3) is 0 Å². The van der Waals surface area contributed by atoms with E-state index in [4.69, 9.17) is 4.74 Å². The quantitative estimate of drug-likeness (QED) is 0.582. The first-order valence-electron chi connectivity index (χ1n) is 10.0. The lowest BCUT2D eigenvalue weighted by Gasteiger charge is -2.30. The smallest absolute Gasteiger partial charge is 0.242 e. The highest BCUT2D eigenvalue weighted by molar-refractivity contribution is 5.87. The summed E-state index contributed by atoms with van der Waals surface area (Å²) >= 11 is 0. The second kappa shape index (κ2) is 11.8. The number of halogens is 1. The molecule has 2 aromatic rings. The van der Waals surface area contributed by atoms with Crippen LogP contribution in [0.3, 0.4) is 0 Å². The maximum Gasteiger partial charge on any atom is 0.242 e. The number of rotatable bonds is 11. The number of nitrogens with zero attached hydrogens (tertiary/aromatic N) is 1. The number of amides is 2. The number of hydrogen-bond donors (Lipinski definition) is 1. The number of carbonyl (C=O) groups is 2. The summed E-state index contributed by atoms with van der Waals surface area (Å²) in [5.41, 5.74) is 0.781. The van der Waals surface area contributed by atoms with E-state index in [1.807, 2.05) is 44.2 Å². The molecule has 1 unspecified atom stereocenters. The van der Waals surface area contributed by atoms with Gasteiger partial charge in [-0.2, -0.15) is 0 Å². The van der Waals surface area contributed by atoms with Crippen LogP contribution in [-0.4, -0.2) is 35.9 Å². The summed E-state index contributed by atoms with van der Waals surface area (Å²) in [6.45, 7) is 4.90. The van der Waals surface area contributed by atoms with E-state index in [9.17, 15) is 14.0 Å². The number of carbonyl (C=O) groups excluding carboxylic acids is 2. The molecular formula is C23H29FN2O3. The van der Waals surface area contributed by atoms with Crippen molar-refractivity contribution in [1.29, 1.82) is 0 Å². The highest BCUT2D eigenvalue weighted by atomic mass is 19.1. The maximum absolute atomic E-state index is 13.2. The Morgan fingerprint density at radius 3 is 2.38 bits per heavy atom. The lowest BCUT2D eigenvalue weighted by Crippen LogP contribution is -2.49. The van der Waals surface area contributed by atoms with Crippen LogP contribution in [0.2, 0.25) is 0 Å². The van der Waals surface area contributed by atoms with Gasteiger partial charge in [0.1, 0.15) is 17.6 Å². The zero-order chi connectivity index (χ0) is 21.1. The van der Waals surface area contributed by atoms with Gasteiger partial charge in [0.2, 0.25) is 11.8 Å². The summed E-state index contributed by atoms with van der Waals surface area (Å²) in [6, 6.07) is 14.9. The van der Waals surface area contributed by atoms with Gasteiger partial charge >= 0.3 is 0 Å². The van der Waals surface area contributed by atoms with Crippen molar-refractivity contribution in [1.82, 2.24) is 10.2 Å². The molecule has 2 rings (SSSR count). The molecule has 0 aliphatic carbocycles. The molecule has 2 aromatic carbocycles. The van der Waals surface area contributed by atoms with Crippen LogP contribution in [0.5, 0.6) is 5.75 Å². The standard InChI is InChI=1S/C23H29FN2O3/c1-3-21(23(28)25-4-2)26(17-18-12-14-19(24)15-13-18)22(27)11-8-16-29-20-9-6-5-7-10-20/h5-7,9-10,12-15,21H,3-4,8,11,16-17H2,1-2H3,(H,25,28). The third kappa shape index (κ3) is 7.22. The molecule has 5 nitrogen and oxygen atoms in total. The Labute approximate surface area is 171 Å². The molecule has 0 saturated carbocycles. The Hall–Kier alpha value is -2.89. The van der Waals surface area contributed by atoms with Crippen molar-refractivity contribution in [3.05, 3.63) is 66.0 Å². The third-order valence-corrected chi connectivity index (χ3v) is 4.55. The molecule has 0 aliphatic heterocycles. The Kier molecular flexibility index (Phi) is 9.15. The molecule has 0 radical (unpaired) electrons. The van der Waals surface area contributed by atoms with Gasteiger partial charge < -0.3 is 15.0 Å². The fraction of sp³-hybridized carbons (Fsp3) is 0.391. The van der Waals surface area contributed by atoms with Gasteiger partial charge in [0.25, 0.3) is 0 Å². The summed E-state index contributed by atoms with van der Waals surface area (Å²) in [6.07, 6.45) is 1.31. The van der Waals surface area contributed by atoms with Crippen molar-refractivity contribution < 1.29 is 18.7 Å². The minimum Gasteiger partial charge on any atom is -0.494 e. The van der Waals surface area contributed by atoms with Crippen LogP contribution in [0.4, 0.5) is 4.39 Å². The first-order valence-corrected chi connectivity index (χ1v) is 10.0. The van der Waals surface area contributed by atoms with E-state index in [2.05, 4.69) is 5.32 Å². The minimum atomic E-state index is -0.567. The minimum absolute atomic E-state index is 0.121. The van der Waals surface area contributed by atoms with Crippen LogP contribution < -0.4 is 10.1 Å². The molecule has 29 heavy (non-hydrogen) atoms. The van der Waals surface area contributed by atoms with Gasteiger partial charge in [0.15, 0.2) is 0 Å². The van der Waals surface area contributed by atoms with Crippen LogP contribution in [-0.2, 0) is 16.1 Å². The Bertz CT molecular complexity index is 765. The molecule has 0 saturated heterocycles. The average molecular weight is 400 g/mol. The third-order valence-electron chi connectivity index (χ3n) is 4.55. The van der Waals surface area contributed by atoms with Gasteiger partial charge in [-0.3, -0.25) is 9.59 Å². The number of nitrogens with one attached hydrogen (secondary N) is 1. The second-order valence-corrected chi connectivity index (χ2v) is 6.73. The zero-order valence-electron chi connectivity index (χ0n) is 17.1. The predicted molar refractivity (Wildman–Crippen MR) is 111 cm³/mol. The van der Waals surface area contributed by atoms with Crippen LogP contribution >= 0.6 is 0 Å². The Morgan fingerprint density at radius 1 is 1.07 bits per heavy atom. The largest absolute Gasteiger partial charge is 0.494 e. The number of likely N-dealkylation sites (N-methyl/N-ethyl adjacent to an activating group) is 1. The molecule has 0 fully saturated rings. The van der Waals surface area contributed by atoms with Gasteiger partial charge in [0, 0.05) is 19.5 Å². The molecule has 2 amide bonds. The second-order valence-electron chi connectivity index (χ2n) is 6.73. The summed E-state index contributed by atoms with van der Waals surface area (Å²) < 4.78 is 18.9. The Morgan fingerprint density at radius 2 is 1.76 bits per heavy atom. The van der Waals surface area contributed by atoms with Crippen LogP contribution in [0.15, 0.2) is 54.6 Å². The maximum atomic E-state index is 13.2. The van der Waals surface area contributed by atoms with Crippen molar-refractivity contribution in [3.8, 4) is 5.75 Å². The highest BCUT2D eigenvalue weighted by Gasteiger charge is 2.27. The van der Waals surface area contributed by atoms with Gasteiger partial charge in [-0.15, -0.1) is 0 Å². The molecule has 0 spiro atoms. The molecule has 0 aliphatic rings. The number of hydrogen-bond acceptors (Lipinski definition) is 3. The van der Waals surface area contributed by atoms with Crippen molar-refractivity contribution in [2.24, 2.45) is 0 Å². The first-order chi connectivity index (χ1) is 14.0. The lowest BCUT2D eigenvalue weighted by molar-refractivity contribution is -0.141. The number of benzene rings is 2. The molecule has 0 aromatic heterocycles. The van der Waals surface area contributed by atoms with E-state index in [-0.39, 0.29) is 30.6 Å². The van der Waals surface area contributed by atoms with E-state index in [0.717, 1.165) is 11.3 Å². The van der Waals surface area contributed by atoms with Crippen LogP contribution in [0, 0.1) is 5.82 Å².